The number of imide groups is 1. The number of hydrogen-bond donors (Lipinski definition) is 4. The summed E-state index contributed by atoms with van der Waals surface area (Å²) in [6, 6.07) is 10.00. The molecule has 4 N–H and O–H groups in total. The van der Waals surface area contributed by atoms with E-state index < -0.39 is 11.9 Å². The van der Waals surface area contributed by atoms with E-state index in [0.717, 1.165) is 21.0 Å². The molecule has 1 aliphatic heterocycles. The normalized spacial score (nSPS) is 16.3. The topological polar surface area (TPSA) is 112 Å². The number of amides is 4. The molecule has 160 valence electrons. The van der Waals surface area contributed by atoms with Gasteiger partial charge in [0.25, 0.3) is 0 Å². The number of benzene rings is 2. The van der Waals surface area contributed by atoms with Crippen molar-refractivity contribution in [1.29, 1.82) is 0 Å². The highest BCUT2D eigenvalue weighted by atomic mass is 79.9. The van der Waals surface area contributed by atoms with Crippen LogP contribution in [0, 0.1) is 6.92 Å². The summed E-state index contributed by atoms with van der Waals surface area (Å²) in [6.07, 6.45) is 2.26. The van der Waals surface area contributed by atoms with Gasteiger partial charge in [-0.15, -0.1) is 0 Å². The maximum Gasteiger partial charge on any atom is 0.319 e. The van der Waals surface area contributed by atoms with Crippen LogP contribution in [-0.2, 0) is 16.1 Å². The Balaban J connectivity index is 1.45. The maximum absolute atomic E-state index is 12.2. The predicted molar refractivity (Wildman–Crippen MR) is 120 cm³/mol. The van der Waals surface area contributed by atoms with E-state index in [0.29, 0.717) is 24.0 Å². The Bertz CT molecular complexity index is 1200. The van der Waals surface area contributed by atoms with Gasteiger partial charge in [0.15, 0.2) is 5.88 Å². The van der Waals surface area contributed by atoms with Crippen LogP contribution in [0.25, 0.3) is 10.8 Å². The van der Waals surface area contributed by atoms with Crippen LogP contribution in [0.2, 0.25) is 0 Å². The summed E-state index contributed by atoms with van der Waals surface area (Å²) in [5.41, 5.74) is 2.55. The number of piperidine rings is 1. The average Bonchev–Trinajstić information content (AvgIpc) is 3.05. The molecule has 0 spiro atoms. The molecule has 0 aliphatic carbocycles. The van der Waals surface area contributed by atoms with Crippen molar-refractivity contribution in [3.8, 4) is 5.88 Å². The molecule has 1 aromatic heterocycles. The van der Waals surface area contributed by atoms with Crippen LogP contribution in [0.3, 0.4) is 0 Å². The zero-order valence-corrected chi connectivity index (χ0v) is 18.3. The summed E-state index contributed by atoms with van der Waals surface area (Å²) in [7, 11) is 0. The van der Waals surface area contributed by atoms with E-state index in [-0.39, 0.29) is 24.2 Å². The van der Waals surface area contributed by atoms with Crippen LogP contribution >= 0.6 is 15.9 Å². The molecule has 8 nitrogen and oxygen atoms in total. The molecule has 1 saturated heterocycles. The molecule has 1 fully saturated rings. The molecule has 0 bridgehead atoms. The highest BCUT2D eigenvalue weighted by molar-refractivity contribution is 9.10. The van der Waals surface area contributed by atoms with E-state index in [2.05, 4.69) is 31.9 Å². The molecule has 4 amide bonds. The third kappa shape index (κ3) is 4.41. The minimum absolute atomic E-state index is 0.0210. The summed E-state index contributed by atoms with van der Waals surface area (Å²) in [5.74, 6) is -0.747. The summed E-state index contributed by atoms with van der Waals surface area (Å²) in [5, 5.41) is 19.8. The highest BCUT2D eigenvalue weighted by Crippen LogP contribution is 2.33. The fourth-order valence-electron chi connectivity index (χ4n) is 3.65. The molecular weight excluding hydrogens is 464 g/mol. The number of halogens is 1. The van der Waals surface area contributed by atoms with Crippen molar-refractivity contribution in [2.45, 2.75) is 32.4 Å². The number of carbonyl (C=O) groups excluding carboxylic acids is 3. The molecule has 0 radical (unpaired) electrons. The van der Waals surface area contributed by atoms with Crippen LogP contribution in [0.15, 0.2) is 47.1 Å². The Morgan fingerprint density at radius 2 is 2.06 bits per heavy atom. The number of urea groups is 1. The van der Waals surface area contributed by atoms with Crippen molar-refractivity contribution in [3.63, 3.8) is 0 Å². The van der Waals surface area contributed by atoms with Crippen molar-refractivity contribution >= 4 is 50.2 Å². The summed E-state index contributed by atoms with van der Waals surface area (Å²) in [4.78, 5) is 35.8. The summed E-state index contributed by atoms with van der Waals surface area (Å²) < 4.78 is 2.46. The first-order valence-corrected chi connectivity index (χ1v) is 10.6. The number of rotatable bonds is 4. The SMILES string of the molecule is Cc1cc(NC(=O)NCc2ccc3c(O)n(C4CCC(=O)NC4=O)cc3c2)ccc1Br. The number of nitrogens with one attached hydrogen (secondary N) is 3. The molecule has 31 heavy (non-hydrogen) atoms. The Labute approximate surface area is 186 Å². The van der Waals surface area contributed by atoms with Gasteiger partial charge < -0.3 is 20.3 Å². The highest BCUT2D eigenvalue weighted by Gasteiger charge is 2.30. The van der Waals surface area contributed by atoms with E-state index >= 15 is 0 Å². The van der Waals surface area contributed by atoms with Crippen LogP contribution < -0.4 is 16.0 Å². The summed E-state index contributed by atoms with van der Waals surface area (Å²) in [6.45, 7) is 2.24. The largest absolute Gasteiger partial charge is 0.494 e. The van der Waals surface area contributed by atoms with E-state index in [1.54, 1.807) is 18.3 Å². The number of anilines is 1. The van der Waals surface area contributed by atoms with Gasteiger partial charge in [0.05, 0.1) is 0 Å². The van der Waals surface area contributed by atoms with Crippen molar-refractivity contribution < 1.29 is 19.5 Å². The van der Waals surface area contributed by atoms with Crippen LogP contribution in [-0.4, -0.2) is 27.5 Å². The smallest absolute Gasteiger partial charge is 0.319 e. The van der Waals surface area contributed by atoms with Crippen LogP contribution in [0.1, 0.15) is 30.0 Å². The first kappa shape index (κ1) is 20.9. The molecule has 1 atom stereocenters. The Hall–Kier alpha value is -3.33. The van der Waals surface area contributed by atoms with Gasteiger partial charge in [0.2, 0.25) is 11.8 Å². The first-order chi connectivity index (χ1) is 14.8. The monoisotopic (exact) mass is 484 g/mol. The lowest BCUT2D eigenvalue weighted by Gasteiger charge is -2.22. The third-order valence-corrected chi connectivity index (χ3v) is 6.18. The standard InChI is InChI=1S/C22H21BrN4O4/c1-12-8-15(3-5-17(12)23)25-22(31)24-10-13-2-4-16-14(9-13)11-27(21(16)30)18-6-7-19(28)26-20(18)29/h2-5,8-9,11,18,30H,6-7,10H2,1H3,(H2,24,25,31)(H,26,28,29). The molecule has 2 heterocycles. The van der Waals surface area contributed by atoms with Gasteiger partial charge in [-0.25, -0.2) is 4.79 Å². The lowest BCUT2D eigenvalue weighted by molar-refractivity contribution is -0.135. The first-order valence-electron chi connectivity index (χ1n) is 9.79. The number of aryl methyl sites for hydroxylation is 1. The maximum atomic E-state index is 12.2. The lowest BCUT2D eigenvalue weighted by atomic mass is 10.1. The van der Waals surface area contributed by atoms with E-state index in [9.17, 15) is 19.5 Å². The molecule has 1 aliphatic rings. The van der Waals surface area contributed by atoms with Crippen molar-refractivity contribution in [2.75, 3.05) is 5.32 Å². The van der Waals surface area contributed by atoms with Gasteiger partial charge in [0, 0.05) is 40.1 Å². The predicted octanol–water partition coefficient (Wildman–Crippen LogP) is 3.72. The molecule has 3 aromatic rings. The molecular formula is C22H21BrN4O4. The Morgan fingerprint density at radius 3 is 2.81 bits per heavy atom. The minimum atomic E-state index is -0.633. The Morgan fingerprint density at radius 1 is 1.26 bits per heavy atom. The fraction of sp³-hybridized carbons (Fsp3) is 0.227. The van der Waals surface area contributed by atoms with Crippen molar-refractivity contribution in [2.24, 2.45) is 0 Å². The zero-order chi connectivity index (χ0) is 22.1. The lowest BCUT2D eigenvalue weighted by Crippen LogP contribution is -2.41. The van der Waals surface area contributed by atoms with Gasteiger partial charge in [-0.1, -0.05) is 22.0 Å². The van der Waals surface area contributed by atoms with Gasteiger partial charge >= 0.3 is 6.03 Å². The van der Waals surface area contributed by atoms with Gasteiger partial charge in [-0.2, -0.15) is 0 Å². The quantitative estimate of drug-likeness (QED) is 0.422. The second-order valence-electron chi connectivity index (χ2n) is 7.52. The molecule has 9 heteroatoms. The second kappa shape index (κ2) is 8.43. The number of carbonyl (C=O) groups is 3. The third-order valence-electron chi connectivity index (χ3n) is 5.29. The molecule has 1 unspecified atom stereocenters. The van der Waals surface area contributed by atoms with Crippen molar-refractivity contribution in [1.82, 2.24) is 15.2 Å². The number of nitrogens with zero attached hydrogens (tertiary/aromatic N) is 1. The van der Waals surface area contributed by atoms with E-state index in [1.165, 1.54) is 4.57 Å². The Kier molecular flexibility index (Phi) is 5.69. The molecule has 2 aromatic carbocycles. The average molecular weight is 485 g/mol. The van der Waals surface area contributed by atoms with E-state index in [1.807, 2.05) is 31.2 Å². The number of aromatic nitrogens is 1. The number of fused-ring (bicyclic) bond motifs is 1. The van der Waals surface area contributed by atoms with Gasteiger partial charge in [-0.05, 0) is 54.8 Å². The molecule has 4 rings (SSSR count). The zero-order valence-electron chi connectivity index (χ0n) is 16.7. The van der Waals surface area contributed by atoms with Gasteiger partial charge in [-0.3, -0.25) is 14.9 Å². The second-order valence-corrected chi connectivity index (χ2v) is 8.37. The number of aromatic hydroxyl groups is 1. The fourth-order valence-corrected chi connectivity index (χ4v) is 3.89. The minimum Gasteiger partial charge on any atom is -0.494 e. The van der Waals surface area contributed by atoms with Crippen LogP contribution in [0.4, 0.5) is 10.5 Å². The summed E-state index contributed by atoms with van der Waals surface area (Å²) >= 11 is 3.43. The number of hydrogen-bond acceptors (Lipinski definition) is 4. The molecule has 0 saturated carbocycles. The van der Waals surface area contributed by atoms with Crippen LogP contribution in [0.5, 0.6) is 5.88 Å². The van der Waals surface area contributed by atoms with Crippen molar-refractivity contribution in [3.05, 3.63) is 58.2 Å². The van der Waals surface area contributed by atoms with E-state index in [4.69, 9.17) is 0 Å². The van der Waals surface area contributed by atoms with Gasteiger partial charge in [0.1, 0.15) is 6.04 Å².